The van der Waals surface area contributed by atoms with E-state index in [0.717, 1.165) is 0 Å². The van der Waals surface area contributed by atoms with Gasteiger partial charge in [0, 0.05) is 0 Å². The van der Waals surface area contributed by atoms with Crippen molar-refractivity contribution < 1.29 is 9.53 Å². The molecule has 124 valence electrons. The predicted molar refractivity (Wildman–Crippen MR) is 95.8 cm³/mol. The summed E-state index contributed by atoms with van der Waals surface area (Å²) in [7, 11) is 0. The minimum absolute atomic E-state index is 0.0565. The number of anilines is 1. The van der Waals surface area contributed by atoms with E-state index in [1.807, 2.05) is 12.1 Å². The summed E-state index contributed by atoms with van der Waals surface area (Å²) in [6.45, 7) is 1.64. The molecule has 6 heteroatoms. The van der Waals surface area contributed by atoms with Crippen molar-refractivity contribution in [2.45, 2.75) is 13.0 Å². The fraction of sp³-hybridized carbons (Fsp3) is 0.105. The first kappa shape index (κ1) is 18.1. The van der Waals surface area contributed by atoms with Gasteiger partial charge in [-0.1, -0.05) is 35.9 Å². The molecule has 2 aromatic rings. The van der Waals surface area contributed by atoms with Gasteiger partial charge in [-0.15, -0.1) is 0 Å². The minimum atomic E-state index is -0.558. The van der Waals surface area contributed by atoms with Crippen molar-refractivity contribution in [3.8, 4) is 17.9 Å². The normalized spacial score (nSPS) is 11.8. The van der Waals surface area contributed by atoms with Crippen LogP contribution in [0.15, 0.2) is 54.1 Å². The second kappa shape index (κ2) is 8.54. The van der Waals surface area contributed by atoms with Gasteiger partial charge in [0.1, 0.15) is 23.5 Å². The number of para-hydroxylation sites is 1. The Morgan fingerprint density at radius 3 is 2.48 bits per heavy atom. The number of hydrogen-bond acceptors (Lipinski definition) is 4. The van der Waals surface area contributed by atoms with Gasteiger partial charge >= 0.3 is 0 Å². The number of carbonyl (C=O) groups excluding carboxylic acids is 1. The summed E-state index contributed by atoms with van der Waals surface area (Å²) in [5.74, 6) is -0.0146. The summed E-state index contributed by atoms with van der Waals surface area (Å²) in [5.41, 5.74) is 1.03. The van der Waals surface area contributed by atoms with Crippen LogP contribution in [0.5, 0.6) is 5.75 Å². The number of benzene rings is 2. The molecule has 0 aliphatic carbocycles. The number of rotatable bonds is 5. The molecule has 25 heavy (non-hydrogen) atoms. The lowest BCUT2D eigenvalue weighted by Crippen LogP contribution is -2.13. The maximum atomic E-state index is 12.2. The van der Waals surface area contributed by atoms with Crippen LogP contribution in [0.1, 0.15) is 12.5 Å². The molecule has 0 aliphatic rings. The summed E-state index contributed by atoms with van der Waals surface area (Å²) in [6.07, 6.45) is 0.904. The Labute approximate surface area is 150 Å². The van der Waals surface area contributed by atoms with Gasteiger partial charge in [0.25, 0.3) is 5.91 Å². The summed E-state index contributed by atoms with van der Waals surface area (Å²) < 4.78 is 5.35. The van der Waals surface area contributed by atoms with E-state index in [2.05, 4.69) is 5.32 Å². The molecule has 0 radical (unpaired) electrons. The Kier molecular flexibility index (Phi) is 6.17. The minimum Gasteiger partial charge on any atom is -0.476 e. The van der Waals surface area contributed by atoms with Crippen LogP contribution in [0.3, 0.4) is 0 Å². The molecule has 0 spiro atoms. The Bertz CT molecular complexity index is 877. The molecule has 0 saturated carbocycles. The molecule has 0 saturated heterocycles. The average molecular weight is 352 g/mol. The first-order chi connectivity index (χ1) is 12.0. The number of hydrogen-bond donors (Lipinski definition) is 1. The molecule has 0 fully saturated rings. The van der Waals surface area contributed by atoms with Crippen LogP contribution in [0, 0.1) is 22.7 Å². The quantitative estimate of drug-likeness (QED) is 0.646. The summed E-state index contributed by atoms with van der Waals surface area (Å²) >= 11 is 5.99. The van der Waals surface area contributed by atoms with Gasteiger partial charge in [0.05, 0.1) is 10.7 Å². The first-order valence-electron chi connectivity index (χ1n) is 7.37. The Hall–Kier alpha value is -3.28. The predicted octanol–water partition coefficient (Wildman–Crippen LogP) is 4.18. The molecule has 2 aromatic carbocycles. The van der Waals surface area contributed by atoms with Crippen molar-refractivity contribution >= 4 is 29.3 Å². The first-order valence-corrected chi connectivity index (χ1v) is 7.75. The van der Waals surface area contributed by atoms with E-state index in [1.54, 1.807) is 55.5 Å². The maximum Gasteiger partial charge on any atom is 0.266 e. The fourth-order valence-corrected chi connectivity index (χ4v) is 2.12. The third-order valence-electron chi connectivity index (χ3n) is 3.17. The van der Waals surface area contributed by atoms with E-state index in [4.69, 9.17) is 21.6 Å². The second-order valence-corrected chi connectivity index (χ2v) is 5.47. The van der Waals surface area contributed by atoms with Crippen molar-refractivity contribution in [2.24, 2.45) is 0 Å². The Balaban J connectivity index is 2.14. The molecule has 2 rings (SSSR count). The highest BCUT2D eigenvalue weighted by Gasteiger charge is 2.11. The van der Waals surface area contributed by atoms with Crippen molar-refractivity contribution in [1.82, 2.24) is 0 Å². The van der Waals surface area contributed by atoms with Crippen LogP contribution in [0.2, 0.25) is 5.02 Å². The van der Waals surface area contributed by atoms with E-state index in [-0.39, 0.29) is 5.57 Å². The van der Waals surface area contributed by atoms with Crippen LogP contribution in [0.25, 0.3) is 6.08 Å². The number of ether oxygens (including phenoxy) is 1. The van der Waals surface area contributed by atoms with E-state index in [1.165, 1.54) is 6.08 Å². The van der Waals surface area contributed by atoms with E-state index < -0.39 is 12.0 Å². The zero-order valence-corrected chi connectivity index (χ0v) is 14.1. The number of nitrogens with one attached hydrogen (secondary N) is 1. The van der Waals surface area contributed by atoms with Crippen molar-refractivity contribution in [3.63, 3.8) is 0 Å². The van der Waals surface area contributed by atoms with Gasteiger partial charge in [-0.05, 0) is 42.8 Å². The van der Waals surface area contributed by atoms with Gasteiger partial charge in [0.15, 0.2) is 6.10 Å². The average Bonchev–Trinajstić information content (AvgIpc) is 2.62. The summed E-state index contributed by atoms with van der Waals surface area (Å²) in [5, 5.41) is 21.0. The molecule has 0 unspecified atom stereocenters. The van der Waals surface area contributed by atoms with Crippen LogP contribution in [-0.4, -0.2) is 12.0 Å². The number of amides is 1. The number of nitrogens with zero attached hydrogens (tertiary/aromatic N) is 2. The fourth-order valence-electron chi connectivity index (χ4n) is 1.94. The molecular formula is C19H14ClN3O2. The molecule has 0 heterocycles. The van der Waals surface area contributed by atoms with Gasteiger partial charge < -0.3 is 10.1 Å². The summed E-state index contributed by atoms with van der Waals surface area (Å²) in [4.78, 5) is 12.2. The zero-order valence-electron chi connectivity index (χ0n) is 13.4. The van der Waals surface area contributed by atoms with Gasteiger partial charge in [-0.25, -0.2) is 0 Å². The smallest absolute Gasteiger partial charge is 0.266 e. The monoisotopic (exact) mass is 351 g/mol. The van der Waals surface area contributed by atoms with E-state index >= 15 is 0 Å². The second-order valence-electron chi connectivity index (χ2n) is 5.06. The highest BCUT2D eigenvalue weighted by atomic mass is 35.5. The number of carbonyl (C=O) groups is 1. The van der Waals surface area contributed by atoms with Crippen LogP contribution in [-0.2, 0) is 4.79 Å². The van der Waals surface area contributed by atoms with Crippen LogP contribution < -0.4 is 10.1 Å². The molecule has 1 atom stereocenters. The molecule has 1 amide bonds. The SMILES string of the molecule is C[C@@H](C#N)Oc1ccc(/C=C(\C#N)C(=O)Nc2ccccc2Cl)cc1. The van der Waals surface area contributed by atoms with Gasteiger partial charge in [-0.3, -0.25) is 4.79 Å². The maximum absolute atomic E-state index is 12.2. The lowest BCUT2D eigenvalue weighted by molar-refractivity contribution is -0.112. The largest absolute Gasteiger partial charge is 0.476 e. The van der Waals surface area contributed by atoms with E-state index in [0.29, 0.717) is 22.0 Å². The third kappa shape index (κ3) is 5.10. The molecule has 0 aromatic heterocycles. The highest BCUT2D eigenvalue weighted by molar-refractivity contribution is 6.34. The van der Waals surface area contributed by atoms with E-state index in [9.17, 15) is 10.1 Å². The third-order valence-corrected chi connectivity index (χ3v) is 3.50. The number of halogens is 1. The van der Waals surface area contributed by atoms with Crippen molar-refractivity contribution in [3.05, 3.63) is 64.7 Å². The van der Waals surface area contributed by atoms with Crippen molar-refractivity contribution in [1.29, 1.82) is 10.5 Å². The Morgan fingerprint density at radius 1 is 1.20 bits per heavy atom. The molecular weight excluding hydrogens is 338 g/mol. The molecule has 0 bridgehead atoms. The highest BCUT2D eigenvalue weighted by Crippen LogP contribution is 2.21. The van der Waals surface area contributed by atoms with Gasteiger partial charge in [0.2, 0.25) is 0 Å². The molecule has 1 N–H and O–H groups in total. The molecule has 5 nitrogen and oxygen atoms in total. The van der Waals surface area contributed by atoms with Crippen LogP contribution >= 0.6 is 11.6 Å². The lowest BCUT2D eigenvalue weighted by Gasteiger charge is -2.08. The Morgan fingerprint density at radius 2 is 1.88 bits per heavy atom. The standard InChI is InChI=1S/C19H14ClN3O2/c1-13(11-21)25-16-8-6-14(7-9-16)10-15(12-22)19(24)23-18-5-3-2-4-17(18)20/h2-10,13H,1H3,(H,23,24)/b15-10+/t13-/m0/s1. The topological polar surface area (TPSA) is 85.9 Å². The lowest BCUT2D eigenvalue weighted by atomic mass is 10.1. The van der Waals surface area contributed by atoms with Crippen LogP contribution in [0.4, 0.5) is 5.69 Å². The zero-order chi connectivity index (χ0) is 18.2. The van der Waals surface area contributed by atoms with Gasteiger partial charge in [-0.2, -0.15) is 10.5 Å². The molecule has 0 aliphatic heterocycles. The van der Waals surface area contributed by atoms with Crippen molar-refractivity contribution in [2.75, 3.05) is 5.32 Å². The summed E-state index contributed by atoms with van der Waals surface area (Å²) in [6, 6.07) is 17.3. The number of nitriles is 2.